The van der Waals surface area contributed by atoms with E-state index in [-0.39, 0.29) is 12.5 Å². The van der Waals surface area contributed by atoms with E-state index in [0.29, 0.717) is 23.9 Å². The number of carbonyl (C=O) groups is 1. The lowest BCUT2D eigenvalue weighted by atomic mass is 10.2. The van der Waals surface area contributed by atoms with E-state index in [2.05, 4.69) is 4.98 Å². The van der Waals surface area contributed by atoms with E-state index in [4.69, 9.17) is 16.3 Å². The number of ether oxygens (including phenoxy) is 1. The highest BCUT2D eigenvalue weighted by Gasteiger charge is 2.19. The zero-order valence-electron chi connectivity index (χ0n) is 12.8. The van der Waals surface area contributed by atoms with Gasteiger partial charge in [-0.05, 0) is 43.2 Å². The third-order valence-electron chi connectivity index (χ3n) is 3.19. The van der Waals surface area contributed by atoms with Crippen LogP contribution in [0.1, 0.15) is 18.1 Å². The zero-order valence-corrected chi connectivity index (χ0v) is 13.5. The van der Waals surface area contributed by atoms with Crippen LogP contribution in [-0.4, -0.2) is 24.1 Å². The zero-order chi connectivity index (χ0) is 15.9. The monoisotopic (exact) mass is 318 g/mol. The van der Waals surface area contributed by atoms with Gasteiger partial charge < -0.3 is 9.64 Å². The quantitative estimate of drug-likeness (QED) is 0.817. The largest absolute Gasteiger partial charge is 0.372 e. The van der Waals surface area contributed by atoms with Crippen molar-refractivity contribution in [3.05, 3.63) is 58.9 Å². The van der Waals surface area contributed by atoms with E-state index >= 15 is 0 Å². The summed E-state index contributed by atoms with van der Waals surface area (Å²) >= 11 is 6.28. The first-order valence-electron chi connectivity index (χ1n) is 7.15. The number of aryl methyl sites for hydroxylation is 1. The normalized spacial score (nSPS) is 10.5. The standard InChI is InChI=1S/C17H19ClN2O2/c1-3-22-12-17(21)20(11-14-5-4-8-19-10-14)16-9-13(2)6-7-15(16)18/h4-10H,3,11-12H2,1-2H3. The number of amides is 1. The Labute approximate surface area is 135 Å². The summed E-state index contributed by atoms with van der Waals surface area (Å²) in [6.07, 6.45) is 3.44. The fourth-order valence-electron chi connectivity index (χ4n) is 2.08. The van der Waals surface area contributed by atoms with Gasteiger partial charge in [0.15, 0.2) is 0 Å². The minimum absolute atomic E-state index is 0.0288. The van der Waals surface area contributed by atoms with Gasteiger partial charge in [0.2, 0.25) is 0 Å². The van der Waals surface area contributed by atoms with Crippen LogP contribution in [-0.2, 0) is 16.1 Å². The molecule has 0 radical (unpaired) electrons. The Balaban J connectivity index is 2.32. The van der Waals surface area contributed by atoms with Crippen molar-refractivity contribution in [1.29, 1.82) is 0 Å². The van der Waals surface area contributed by atoms with Crippen molar-refractivity contribution < 1.29 is 9.53 Å². The molecule has 0 spiro atoms. The Hall–Kier alpha value is -1.91. The molecule has 0 fully saturated rings. The maximum absolute atomic E-state index is 12.5. The van der Waals surface area contributed by atoms with Gasteiger partial charge >= 0.3 is 0 Å². The second-order valence-electron chi connectivity index (χ2n) is 4.93. The summed E-state index contributed by atoms with van der Waals surface area (Å²) in [6.45, 7) is 4.76. The molecule has 0 saturated heterocycles. The summed E-state index contributed by atoms with van der Waals surface area (Å²) in [4.78, 5) is 18.2. The van der Waals surface area contributed by atoms with E-state index in [1.165, 1.54) is 0 Å². The molecule has 2 aromatic rings. The van der Waals surface area contributed by atoms with Crippen molar-refractivity contribution in [2.24, 2.45) is 0 Å². The van der Waals surface area contributed by atoms with Crippen molar-refractivity contribution in [2.75, 3.05) is 18.1 Å². The molecular weight excluding hydrogens is 300 g/mol. The van der Waals surface area contributed by atoms with Gasteiger partial charge in [-0.2, -0.15) is 0 Å². The third kappa shape index (κ3) is 4.29. The lowest BCUT2D eigenvalue weighted by Crippen LogP contribution is -2.34. The van der Waals surface area contributed by atoms with Crippen molar-refractivity contribution in [3.8, 4) is 0 Å². The van der Waals surface area contributed by atoms with Gasteiger partial charge in [0.25, 0.3) is 5.91 Å². The molecule has 0 unspecified atom stereocenters. The molecule has 5 heteroatoms. The van der Waals surface area contributed by atoms with Gasteiger partial charge in [0.1, 0.15) is 6.61 Å². The van der Waals surface area contributed by atoms with E-state index in [1.807, 2.05) is 38.1 Å². The predicted octanol–water partition coefficient (Wildman–Crippen LogP) is 3.61. The van der Waals surface area contributed by atoms with Gasteiger partial charge in [0, 0.05) is 19.0 Å². The molecule has 0 aliphatic heterocycles. The fourth-order valence-corrected chi connectivity index (χ4v) is 2.30. The number of rotatable bonds is 6. The molecule has 1 heterocycles. The van der Waals surface area contributed by atoms with Crippen molar-refractivity contribution in [1.82, 2.24) is 4.98 Å². The number of hydrogen-bond donors (Lipinski definition) is 0. The molecule has 116 valence electrons. The van der Waals surface area contributed by atoms with Gasteiger partial charge in [-0.3, -0.25) is 9.78 Å². The second-order valence-corrected chi connectivity index (χ2v) is 5.34. The summed E-state index contributed by atoms with van der Waals surface area (Å²) in [5.74, 6) is -0.127. The number of anilines is 1. The second kappa shape index (κ2) is 7.92. The average molecular weight is 319 g/mol. The summed E-state index contributed by atoms with van der Waals surface area (Å²) < 4.78 is 5.26. The highest BCUT2D eigenvalue weighted by molar-refractivity contribution is 6.33. The van der Waals surface area contributed by atoms with Crippen LogP contribution in [0.25, 0.3) is 0 Å². The number of nitrogens with zero attached hydrogens (tertiary/aromatic N) is 2. The number of carbonyl (C=O) groups excluding carboxylic acids is 1. The topological polar surface area (TPSA) is 42.4 Å². The van der Waals surface area contributed by atoms with E-state index in [0.717, 1.165) is 11.1 Å². The van der Waals surface area contributed by atoms with E-state index < -0.39 is 0 Å². The first-order chi connectivity index (χ1) is 10.6. The Morgan fingerprint density at radius 1 is 1.36 bits per heavy atom. The predicted molar refractivity (Wildman–Crippen MR) is 88.1 cm³/mol. The van der Waals surface area contributed by atoms with Crippen LogP contribution in [0.4, 0.5) is 5.69 Å². The Morgan fingerprint density at radius 2 is 2.18 bits per heavy atom. The number of benzene rings is 1. The van der Waals surface area contributed by atoms with Gasteiger partial charge in [-0.15, -0.1) is 0 Å². The van der Waals surface area contributed by atoms with Crippen molar-refractivity contribution in [2.45, 2.75) is 20.4 Å². The maximum Gasteiger partial charge on any atom is 0.253 e. The molecule has 0 saturated carbocycles. The van der Waals surface area contributed by atoms with Crippen LogP contribution in [0.15, 0.2) is 42.7 Å². The van der Waals surface area contributed by atoms with Crippen LogP contribution in [0.5, 0.6) is 0 Å². The first kappa shape index (κ1) is 16.5. The molecule has 0 aliphatic rings. The van der Waals surface area contributed by atoms with Gasteiger partial charge in [-0.25, -0.2) is 0 Å². The molecule has 0 aliphatic carbocycles. The average Bonchev–Trinajstić information content (AvgIpc) is 2.54. The molecule has 4 nitrogen and oxygen atoms in total. The third-order valence-corrected chi connectivity index (χ3v) is 3.51. The molecule has 1 amide bonds. The smallest absolute Gasteiger partial charge is 0.253 e. The van der Waals surface area contributed by atoms with Crippen molar-refractivity contribution in [3.63, 3.8) is 0 Å². The maximum atomic E-state index is 12.5. The number of aromatic nitrogens is 1. The van der Waals surface area contributed by atoms with Gasteiger partial charge in [0.05, 0.1) is 17.3 Å². The SMILES string of the molecule is CCOCC(=O)N(Cc1cccnc1)c1cc(C)ccc1Cl. The van der Waals surface area contributed by atoms with Crippen LogP contribution >= 0.6 is 11.6 Å². The van der Waals surface area contributed by atoms with Crippen LogP contribution in [0, 0.1) is 6.92 Å². The molecule has 2 rings (SSSR count). The summed E-state index contributed by atoms with van der Waals surface area (Å²) in [5, 5.41) is 0.541. The highest BCUT2D eigenvalue weighted by atomic mass is 35.5. The van der Waals surface area contributed by atoms with E-state index in [9.17, 15) is 4.79 Å². The van der Waals surface area contributed by atoms with Crippen LogP contribution < -0.4 is 4.90 Å². The van der Waals surface area contributed by atoms with Crippen molar-refractivity contribution >= 4 is 23.2 Å². The highest BCUT2D eigenvalue weighted by Crippen LogP contribution is 2.28. The molecule has 1 aromatic heterocycles. The Morgan fingerprint density at radius 3 is 2.86 bits per heavy atom. The number of halogens is 1. The molecule has 1 aromatic carbocycles. The summed E-state index contributed by atoms with van der Waals surface area (Å²) in [7, 11) is 0. The lowest BCUT2D eigenvalue weighted by molar-refractivity contribution is -0.123. The molecule has 0 bridgehead atoms. The lowest BCUT2D eigenvalue weighted by Gasteiger charge is -2.24. The molecule has 0 atom stereocenters. The summed E-state index contributed by atoms with van der Waals surface area (Å²) in [6, 6.07) is 9.40. The summed E-state index contributed by atoms with van der Waals surface area (Å²) in [5.41, 5.74) is 2.67. The van der Waals surface area contributed by atoms with Crippen LogP contribution in [0.2, 0.25) is 5.02 Å². The first-order valence-corrected chi connectivity index (χ1v) is 7.52. The molecule has 22 heavy (non-hydrogen) atoms. The molecular formula is C17H19ClN2O2. The fraction of sp³-hybridized carbons (Fsp3) is 0.294. The molecule has 0 N–H and O–H groups in total. The Kier molecular flexibility index (Phi) is 5.92. The number of hydrogen-bond acceptors (Lipinski definition) is 3. The minimum Gasteiger partial charge on any atom is -0.372 e. The minimum atomic E-state index is -0.127. The van der Waals surface area contributed by atoms with Crippen LogP contribution in [0.3, 0.4) is 0 Å². The van der Waals surface area contributed by atoms with E-state index in [1.54, 1.807) is 23.4 Å². The van der Waals surface area contributed by atoms with Gasteiger partial charge in [-0.1, -0.05) is 23.7 Å². The Bertz CT molecular complexity index is 632. The number of pyridine rings is 1.